The van der Waals surface area contributed by atoms with E-state index in [0.717, 1.165) is 74.6 Å². The summed E-state index contributed by atoms with van der Waals surface area (Å²) >= 11 is 3.50. The van der Waals surface area contributed by atoms with Gasteiger partial charge in [0.15, 0.2) is 0 Å². The van der Waals surface area contributed by atoms with Gasteiger partial charge in [-0.15, -0.1) is 22.7 Å². The maximum absolute atomic E-state index is 14.6. The van der Waals surface area contributed by atoms with Crippen LogP contribution in [-0.2, 0) is 6.18 Å². The number of hydrogen-bond donors (Lipinski definition) is 0. The van der Waals surface area contributed by atoms with Gasteiger partial charge in [-0.1, -0.05) is 91.0 Å². The average molecular weight is 780 g/mol. The van der Waals surface area contributed by atoms with E-state index in [0.29, 0.717) is 28.2 Å². The Morgan fingerprint density at radius 1 is 0.509 bits per heavy atom. The molecule has 12 aromatic rings. The van der Waals surface area contributed by atoms with Crippen LogP contribution in [0.2, 0.25) is 0 Å². The molecule has 7 aromatic carbocycles. The zero-order valence-electron chi connectivity index (χ0n) is 30.2. The van der Waals surface area contributed by atoms with Crippen molar-refractivity contribution in [3.63, 3.8) is 0 Å². The van der Waals surface area contributed by atoms with E-state index >= 15 is 0 Å². The highest BCUT2D eigenvalue weighted by Crippen LogP contribution is 2.47. The summed E-state index contributed by atoms with van der Waals surface area (Å²) < 4.78 is 53.0. The monoisotopic (exact) mass is 779 g/mol. The van der Waals surface area contributed by atoms with Crippen LogP contribution in [0.5, 0.6) is 0 Å². The lowest BCUT2D eigenvalue weighted by atomic mass is 9.99. The lowest BCUT2D eigenvalue weighted by molar-refractivity contribution is -0.137. The van der Waals surface area contributed by atoms with Crippen molar-refractivity contribution < 1.29 is 13.2 Å². The molecule has 0 spiro atoms. The molecule has 0 bridgehead atoms. The summed E-state index contributed by atoms with van der Waals surface area (Å²) in [6.07, 6.45) is -2.66. The molecule has 272 valence electrons. The van der Waals surface area contributed by atoms with Gasteiger partial charge in [0, 0.05) is 67.5 Å². The summed E-state index contributed by atoms with van der Waals surface area (Å²) in [5.74, 6) is 0.629. The molecule has 0 unspecified atom stereocenters. The number of para-hydroxylation sites is 2. The van der Waals surface area contributed by atoms with Crippen molar-refractivity contribution in [2.24, 2.45) is 0 Å². The number of fused-ring (bicyclic) bond motifs is 14. The number of aryl methyl sites for hydroxylation is 1. The molecule has 0 saturated heterocycles. The second-order valence-corrected chi connectivity index (χ2v) is 16.9. The number of pyridine rings is 1. The highest BCUT2D eigenvalue weighted by Gasteiger charge is 2.32. The fourth-order valence-electron chi connectivity index (χ4n) is 9.09. The van der Waals surface area contributed by atoms with E-state index in [9.17, 15) is 13.2 Å². The third kappa shape index (κ3) is 4.68. The zero-order chi connectivity index (χ0) is 38.2. The summed E-state index contributed by atoms with van der Waals surface area (Å²) in [6.45, 7) is 1.73. The first-order valence-electron chi connectivity index (χ1n) is 18.7. The van der Waals surface area contributed by atoms with Gasteiger partial charge in [0.2, 0.25) is 0 Å². The number of benzene rings is 7. The van der Waals surface area contributed by atoms with Crippen LogP contribution >= 0.6 is 22.7 Å². The third-order valence-corrected chi connectivity index (χ3v) is 13.7. The van der Waals surface area contributed by atoms with Crippen LogP contribution in [0.25, 0.3) is 107 Å². The molecule has 12 rings (SSSR count). The first kappa shape index (κ1) is 32.7. The first-order chi connectivity index (χ1) is 27.8. The van der Waals surface area contributed by atoms with Gasteiger partial charge in [0.1, 0.15) is 5.82 Å². The van der Waals surface area contributed by atoms with E-state index in [2.05, 4.69) is 106 Å². The predicted octanol–water partition coefficient (Wildman–Crippen LogP) is 15.0. The second-order valence-electron chi connectivity index (χ2n) is 14.7. The molecule has 0 radical (unpaired) electrons. The largest absolute Gasteiger partial charge is 0.416 e. The Morgan fingerprint density at radius 2 is 1.04 bits per heavy atom. The average Bonchev–Trinajstić information content (AvgIpc) is 3.97. The Hall–Kier alpha value is -6.48. The van der Waals surface area contributed by atoms with Crippen LogP contribution in [-0.4, -0.2) is 14.1 Å². The van der Waals surface area contributed by atoms with Crippen molar-refractivity contribution in [2.45, 2.75) is 13.1 Å². The third-order valence-electron chi connectivity index (χ3n) is 11.4. The maximum Gasteiger partial charge on any atom is 0.416 e. The normalized spacial score (nSPS) is 12.6. The van der Waals surface area contributed by atoms with Gasteiger partial charge >= 0.3 is 6.18 Å². The van der Waals surface area contributed by atoms with Crippen molar-refractivity contribution >= 4 is 107 Å². The van der Waals surface area contributed by atoms with Crippen LogP contribution in [0.1, 0.15) is 11.1 Å². The number of thiophene rings is 2. The molecule has 5 heterocycles. The minimum Gasteiger partial charge on any atom is -0.306 e. The van der Waals surface area contributed by atoms with Crippen LogP contribution in [0.3, 0.4) is 0 Å². The summed E-state index contributed by atoms with van der Waals surface area (Å²) in [4.78, 5) is 5.30. The number of aromatic nitrogens is 3. The Kier molecular flexibility index (Phi) is 6.76. The van der Waals surface area contributed by atoms with Crippen molar-refractivity contribution in [1.29, 1.82) is 0 Å². The number of rotatable bonds is 3. The molecule has 0 N–H and O–H groups in total. The number of alkyl halides is 3. The van der Waals surface area contributed by atoms with Crippen molar-refractivity contribution in [1.82, 2.24) is 14.1 Å². The highest BCUT2D eigenvalue weighted by molar-refractivity contribution is 7.26. The van der Waals surface area contributed by atoms with E-state index in [-0.39, 0.29) is 0 Å². The van der Waals surface area contributed by atoms with E-state index in [1.165, 1.54) is 21.5 Å². The fraction of sp³-hybridized carbons (Fsp3) is 0.0408. The van der Waals surface area contributed by atoms with E-state index < -0.39 is 11.7 Å². The molecular weight excluding hydrogens is 752 g/mol. The van der Waals surface area contributed by atoms with E-state index in [4.69, 9.17) is 4.98 Å². The summed E-state index contributed by atoms with van der Waals surface area (Å²) in [7, 11) is 0. The first-order valence-corrected chi connectivity index (χ1v) is 20.3. The smallest absolute Gasteiger partial charge is 0.306 e. The quantitative estimate of drug-likeness (QED) is 0.175. The van der Waals surface area contributed by atoms with Crippen molar-refractivity contribution in [2.75, 3.05) is 0 Å². The fourth-order valence-corrected chi connectivity index (χ4v) is 11.3. The van der Waals surface area contributed by atoms with Gasteiger partial charge in [0.25, 0.3) is 0 Å². The summed E-state index contributed by atoms with van der Waals surface area (Å²) in [5, 5.41) is 8.88. The second kappa shape index (κ2) is 11.8. The Balaban J connectivity index is 1.25. The van der Waals surface area contributed by atoms with Crippen LogP contribution < -0.4 is 0 Å². The molecule has 3 nitrogen and oxygen atoms in total. The zero-order valence-corrected chi connectivity index (χ0v) is 31.9. The molecule has 0 atom stereocenters. The van der Waals surface area contributed by atoms with E-state index in [1.54, 1.807) is 29.6 Å². The molecule has 0 saturated carbocycles. The number of halogens is 3. The molecule has 0 aliphatic rings. The maximum atomic E-state index is 14.6. The van der Waals surface area contributed by atoms with Crippen molar-refractivity contribution in [3.8, 4) is 22.6 Å². The summed E-state index contributed by atoms with van der Waals surface area (Å²) in [6, 6.07) is 48.6. The lowest BCUT2D eigenvalue weighted by Gasteiger charge is -2.18. The SMILES string of the molecule is Cc1cc(-c2cc(-n3c4ccccc4c4ccc5sc6ccccc6c5c43)ncc2-n2c3ccccc3c3ccc4sc5ccccc5c4c32)cc(C(F)(F)F)c1. The topological polar surface area (TPSA) is 22.8 Å². The van der Waals surface area contributed by atoms with Gasteiger partial charge < -0.3 is 4.57 Å². The van der Waals surface area contributed by atoms with Gasteiger partial charge in [-0.2, -0.15) is 13.2 Å². The van der Waals surface area contributed by atoms with Gasteiger partial charge in [-0.05, 0) is 72.6 Å². The van der Waals surface area contributed by atoms with Gasteiger partial charge in [-0.3, -0.25) is 4.57 Å². The minimum atomic E-state index is -4.52. The molecule has 5 aromatic heterocycles. The number of hydrogen-bond acceptors (Lipinski definition) is 3. The lowest BCUT2D eigenvalue weighted by Crippen LogP contribution is -2.07. The van der Waals surface area contributed by atoms with Crippen LogP contribution in [0.15, 0.2) is 152 Å². The van der Waals surface area contributed by atoms with Crippen molar-refractivity contribution in [3.05, 3.63) is 163 Å². The van der Waals surface area contributed by atoms with Gasteiger partial charge in [0.05, 0.1) is 39.5 Å². The molecule has 0 amide bonds. The van der Waals surface area contributed by atoms with E-state index in [1.807, 2.05) is 42.6 Å². The molecular formula is C49H28F3N3S2. The Bertz CT molecular complexity index is 3660. The standard InChI is InChI=1S/C49H28F3N3S2/c1-27-22-28(24-29(23-27)49(50,51)52)36-25-44(55-38-15-7-3-11-31(38)33-19-21-43-46(48(33)55)35-13-5-9-17-41(35)57-43)53-26-39(36)54-37-14-6-2-10-30(37)32-18-20-42-45(47(32)54)34-12-4-8-16-40(34)56-42/h2-26H,1H3. The highest BCUT2D eigenvalue weighted by atomic mass is 32.1. The predicted molar refractivity (Wildman–Crippen MR) is 234 cm³/mol. The van der Waals surface area contributed by atoms with Crippen LogP contribution in [0, 0.1) is 6.92 Å². The molecule has 0 fully saturated rings. The summed E-state index contributed by atoms with van der Waals surface area (Å²) in [5.41, 5.74) is 5.65. The number of nitrogens with zero attached hydrogens (tertiary/aromatic N) is 3. The van der Waals surface area contributed by atoms with Crippen LogP contribution in [0.4, 0.5) is 13.2 Å². The minimum absolute atomic E-state index is 0.473. The Morgan fingerprint density at radius 3 is 1.63 bits per heavy atom. The molecule has 57 heavy (non-hydrogen) atoms. The van der Waals surface area contributed by atoms with Gasteiger partial charge in [-0.25, -0.2) is 4.98 Å². The molecule has 8 heteroatoms. The molecule has 0 aliphatic heterocycles. The Labute approximate surface area is 331 Å². The molecule has 0 aliphatic carbocycles.